The molecular formula is C35H54O4. The van der Waals surface area contributed by atoms with Gasteiger partial charge in [0.15, 0.2) is 0 Å². The predicted octanol–water partition coefficient (Wildman–Crippen LogP) is 10.6. The minimum atomic E-state index is -0.370. The quantitative estimate of drug-likeness (QED) is 0.0802. The second-order valence-corrected chi connectivity index (χ2v) is 10.8. The van der Waals surface area contributed by atoms with E-state index < -0.39 is 0 Å². The standard InChI is InChI=1S/C35H54O4/c1-4-6-8-9-10-11-12-13-14-15-16-17-18-19-29-37-30(3)31-20-26-34(27-21-31)39-35(36)32-22-24-33(25-23-32)38-28-7-5-2/h20-27,30H,4-19,28-29H2,1-3H3. The zero-order chi connectivity index (χ0) is 28.0. The molecular weight excluding hydrogens is 484 g/mol. The van der Waals surface area contributed by atoms with Crippen LogP contribution < -0.4 is 9.47 Å². The van der Waals surface area contributed by atoms with Crippen LogP contribution in [0.4, 0.5) is 0 Å². The number of carbonyl (C=O) groups is 1. The Hall–Kier alpha value is -2.33. The van der Waals surface area contributed by atoms with Gasteiger partial charge in [-0.3, -0.25) is 0 Å². The van der Waals surface area contributed by atoms with E-state index in [9.17, 15) is 4.79 Å². The first-order valence-electron chi connectivity index (χ1n) is 15.8. The van der Waals surface area contributed by atoms with Gasteiger partial charge >= 0.3 is 5.97 Å². The number of benzene rings is 2. The first kappa shape index (κ1) is 32.9. The monoisotopic (exact) mass is 538 g/mol. The Balaban J connectivity index is 1.52. The third-order valence-corrected chi connectivity index (χ3v) is 7.28. The molecule has 1 unspecified atom stereocenters. The highest BCUT2D eigenvalue weighted by molar-refractivity contribution is 5.91. The lowest BCUT2D eigenvalue weighted by Crippen LogP contribution is -2.09. The molecule has 0 aliphatic heterocycles. The number of carbonyl (C=O) groups excluding carboxylic acids is 1. The molecule has 2 rings (SSSR count). The SMILES string of the molecule is CCCCCCCCCCCCCCCCOC(C)c1ccc(OC(=O)c2ccc(OCCCC)cc2)cc1. The molecule has 1 atom stereocenters. The highest BCUT2D eigenvalue weighted by Gasteiger charge is 2.11. The number of esters is 1. The summed E-state index contributed by atoms with van der Waals surface area (Å²) in [4.78, 5) is 12.5. The summed E-state index contributed by atoms with van der Waals surface area (Å²) in [6.07, 6.45) is 21.2. The van der Waals surface area contributed by atoms with Crippen molar-refractivity contribution in [2.45, 2.75) is 130 Å². The second-order valence-electron chi connectivity index (χ2n) is 10.8. The van der Waals surface area contributed by atoms with Gasteiger partial charge in [-0.1, -0.05) is 116 Å². The van der Waals surface area contributed by atoms with Crippen LogP contribution in [0.1, 0.15) is 146 Å². The molecule has 0 heterocycles. The van der Waals surface area contributed by atoms with Crippen LogP contribution in [-0.4, -0.2) is 19.2 Å². The molecule has 4 nitrogen and oxygen atoms in total. The molecule has 0 spiro atoms. The minimum Gasteiger partial charge on any atom is -0.494 e. The van der Waals surface area contributed by atoms with E-state index in [1.54, 1.807) is 12.1 Å². The number of rotatable bonds is 23. The maximum absolute atomic E-state index is 12.5. The molecule has 0 amide bonds. The largest absolute Gasteiger partial charge is 0.494 e. The van der Waals surface area contributed by atoms with Crippen LogP contribution in [0, 0.1) is 0 Å². The van der Waals surface area contributed by atoms with Crippen LogP contribution in [0.2, 0.25) is 0 Å². The van der Waals surface area contributed by atoms with Gasteiger partial charge in [0.2, 0.25) is 0 Å². The van der Waals surface area contributed by atoms with Gasteiger partial charge in [-0.2, -0.15) is 0 Å². The Morgan fingerprint density at radius 2 is 1.08 bits per heavy atom. The lowest BCUT2D eigenvalue weighted by molar-refractivity contribution is 0.0627. The summed E-state index contributed by atoms with van der Waals surface area (Å²) in [6, 6.07) is 14.7. The molecule has 0 aliphatic carbocycles. The summed E-state index contributed by atoms with van der Waals surface area (Å²) in [5.74, 6) is 0.934. The van der Waals surface area contributed by atoms with Crippen LogP contribution in [0.5, 0.6) is 11.5 Å². The first-order chi connectivity index (χ1) is 19.1. The maximum Gasteiger partial charge on any atom is 0.343 e. The summed E-state index contributed by atoms with van der Waals surface area (Å²) in [5, 5.41) is 0. The fraction of sp³-hybridized carbons (Fsp3) is 0.629. The summed E-state index contributed by atoms with van der Waals surface area (Å²) in [5.41, 5.74) is 1.60. The summed E-state index contributed by atoms with van der Waals surface area (Å²) in [6.45, 7) is 7.96. The smallest absolute Gasteiger partial charge is 0.343 e. The van der Waals surface area contributed by atoms with Crippen molar-refractivity contribution in [2.75, 3.05) is 13.2 Å². The van der Waals surface area contributed by atoms with Crippen molar-refractivity contribution in [1.29, 1.82) is 0 Å². The van der Waals surface area contributed by atoms with Gasteiger partial charge in [-0.05, 0) is 61.7 Å². The summed E-state index contributed by atoms with van der Waals surface area (Å²) >= 11 is 0. The third-order valence-electron chi connectivity index (χ3n) is 7.28. The van der Waals surface area contributed by atoms with Gasteiger partial charge < -0.3 is 14.2 Å². The molecule has 0 saturated carbocycles. The average Bonchev–Trinajstić information content (AvgIpc) is 2.96. The molecule has 39 heavy (non-hydrogen) atoms. The molecule has 0 aliphatic rings. The Kier molecular flexibility index (Phi) is 18.1. The maximum atomic E-state index is 12.5. The summed E-state index contributed by atoms with van der Waals surface area (Å²) < 4.78 is 17.2. The fourth-order valence-electron chi connectivity index (χ4n) is 4.65. The first-order valence-corrected chi connectivity index (χ1v) is 15.8. The van der Waals surface area contributed by atoms with Crippen molar-refractivity contribution in [3.63, 3.8) is 0 Å². The number of ether oxygens (including phenoxy) is 3. The van der Waals surface area contributed by atoms with Gasteiger partial charge in [0.05, 0.1) is 18.3 Å². The van der Waals surface area contributed by atoms with Crippen molar-refractivity contribution >= 4 is 5.97 Å². The predicted molar refractivity (Wildman–Crippen MR) is 163 cm³/mol. The highest BCUT2D eigenvalue weighted by atomic mass is 16.5. The lowest BCUT2D eigenvalue weighted by Gasteiger charge is -2.14. The zero-order valence-corrected chi connectivity index (χ0v) is 25.1. The van der Waals surface area contributed by atoms with E-state index in [0.717, 1.165) is 37.2 Å². The van der Waals surface area contributed by atoms with E-state index in [4.69, 9.17) is 14.2 Å². The fourth-order valence-corrected chi connectivity index (χ4v) is 4.65. The number of hydrogen-bond acceptors (Lipinski definition) is 4. The van der Waals surface area contributed by atoms with Gasteiger partial charge in [-0.25, -0.2) is 4.79 Å². The van der Waals surface area contributed by atoms with Crippen molar-refractivity contribution in [3.05, 3.63) is 59.7 Å². The van der Waals surface area contributed by atoms with Crippen LogP contribution in [-0.2, 0) is 4.74 Å². The molecule has 0 saturated heterocycles. The molecule has 2 aromatic rings. The third kappa shape index (κ3) is 15.1. The average molecular weight is 539 g/mol. The van der Waals surface area contributed by atoms with Gasteiger partial charge in [0.25, 0.3) is 0 Å². The number of hydrogen-bond donors (Lipinski definition) is 0. The molecule has 4 heteroatoms. The Labute approximate surface area is 238 Å². The van der Waals surface area contributed by atoms with Crippen LogP contribution >= 0.6 is 0 Å². The van der Waals surface area contributed by atoms with Gasteiger partial charge in [0, 0.05) is 6.61 Å². The van der Waals surface area contributed by atoms with Crippen LogP contribution in [0.3, 0.4) is 0 Å². The molecule has 0 bridgehead atoms. The van der Waals surface area contributed by atoms with E-state index in [0.29, 0.717) is 17.9 Å². The number of unbranched alkanes of at least 4 members (excludes halogenated alkanes) is 14. The summed E-state index contributed by atoms with van der Waals surface area (Å²) in [7, 11) is 0. The molecule has 0 fully saturated rings. The van der Waals surface area contributed by atoms with E-state index in [-0.39, 0.29) is 12.1 Å². The van der Waals surface area contributed by atoms with Gasteiger partial charge in [-0.15, -0.1) is 0 Å². The Bertz CT molecular complexity index is 859. The Morgan fingerprint density at radius 1 is 0.590 bits per heavy atom. The lowest BCUT2D eigenvalue weighted by atomic mass is 10.0. The van der Waals surface area contributed by atoms with E-state index in [1.807, 2.05) is 36.4 Å². The molecule has 0 aromatic heterocycles. The highest BCUT2D eigenvalue weighted by Crippen LogP contribution is 2.22. The molecule has 0 radical (unpaired) electrons. The van der Waals surface area contributed by atoms with Gasteiger partial charge in [0.1, 0.15) is 11.5 Å². The van der Waals surface area contributed by atoms with Crippen molar-refractivity contribution in [2.24, 2.45) is 0 Å². The van der Waals surface area contributed by atoms with Crippen molar-refractivity contribution in [1.82, 2.24) is 0 Å². The van der Waals surface area contributed by atoms with E-state index >= 15 is 0 Å². The van der Waals surface area contributed by atoms with E-state index in [2.05, 4.69) is 20.8 Å². The second kappa shape index (κ2) is 21.5. The van der Waals surface area contributed by atoms with Crippen molar-refractivity contribution in [3.8, 4) is 11.5 Å². The molecule has 2 aromatic carbocycles. The Morgan fingerprint density at radius 3 is 1.62 bits per heavy atom. The van der Waals surface area contributed by atoms with E-state index in [1.165, 1.54) is 83.5 Å². The zero-order valence-electron chi connectivity index (χ0n) is 25.1. The normalized spacial score (nSPS) is 11.9. The van der Waals surface area contributed by atoms with Crippen LogP contribution in [0.25, 0.3) is 0 Å². The molecule has 0 N–H and O–H groups in total. The minimum absolute atomic E-state index is 0.0250. The van der Waals surface area contributed by atoms with Crippen molar-refractivity contribution < 1.29 is 19.0 Å². The topological polar surface area (TPSA) is 44.8 Å². The molecule has 218 valence electrons. The van der Waals surface area contributed by atoms with Crippen LogP contribution in [0.15, 0.2) is 48.5 Å².